The molecule has 7 heteroatoms. The number of hydrogen-bond acceptors (Lipinski definition) is 7. The number of nitrogens with one attached hydrogen (secondary N) is 2. The quantitative estimate of drug-likeness (QED) is 0.247. The minimum absolute atomic E-state index is 0.369. The van der Waals surface area contributed by atoms with Crippen LogP contribution in [0.2, 0.25) is 0 Å². The Balaban J connectivity index is 1.26. The fourth-order valence-electron chi connectivity index (χ4n) is 4.33. The van der Waals surface area contributed by atoms with Gasteiger partial charge in [-0.25, -0.2) is 15.0 Å². The second-order valence-corrected chi connectivity index (χ2v) is 9.01. The Kier molecular flexibility index (Phi) is 5.87. The lowest BCUT2D eigenvalue weighted by Crippen LogP contribution is -2.17. The van der Waals surface area contributed by atoms with Crippen molar-refractivity contribution in [2.75, 3.05) is 29.5 Å². The lowest BCUT2D eigenvalue weighted by atomic mass is 10.0. The van der Waals surface area contributed by atoms with Crippen molar-refractivity contribution in [3.8, 4) is 22.5 Å². The van der Waals surface area contributed by atoms with Gasteiger partial charge in [0.15, 0.2) is 11.6 Å². The molecule has 1 fully saturated rings. The van der Waals surface area contributed by atoms with Gasteiger partial charge in [-0.2, -0.15) is 0 Å². The molecule has 3 aromatic heterocycles. The van der Waals surface area contributed by atoms with Gasteiger partial charge < -0.3 is 16.4 Å². The molecule has 5 aromatic rings. The van der Waals surface area contributed by atoms with Crippen LogP contribution < -0.4 is 16.4 Å². The third kappa shape index (κ3) is 4.68. The fraction of sp³-hybridized carbons (Fsp3) is 0.172. The summed E-state index contributed by atoms with van der Waals surface area (Å²) in [6.07, 6.45) is 4.28. The van der Waals surface area contributed by atoms with Crippen molar-refractivity contribution in [1.82, 2.24) is 19.9 Å². The molecular weight excluding hydrogens is 446 g/mol. The zero-order chi connectivity index (χ0) is 24.3. The minimum Gasteiger partial charge on any atom is -0.381 e. The minimum atomic E-state index is 0.369. The predicted molar refractivity (Wildman–Crippen MR) is 146 cm³/mol. The SMILES string of the molecule is Nc1nc(-c2ccccc2)c(-c2ccc3ncccc3c2)nc1NCCNc1cccc(C2CC2)n1. The molecule has 0 saturated heterocycles. The van der Waals surface area contributed by atoms with Gasteiger partial charge >= 0.3 is 0 Å². The molecule has 3 heterocycles. The van der Waals surface area contributed by atoms with Crippen LogP contribution in [-0.4, -0.2) is 33.0 Å². The molecule has 0 radical (unpaired) electrons. The number of fused-ring (bicyclic) bond motifs is 1. The zero-order valence-electron chi connectivity index (χ0n) is 19.9. The van der Waals surface area contributed by atoms with Gasteiger partial charge in [0.1, 0.15) is 5.82 Å². The van der Waals surface area contributed by atoms with E-state index in [2.05, 4.69) is 39.9 Å². The molecule has 4 N–H and O–H groups in total. The summed E-state index contributed by atoms with van der Waals surface area (Å²) in [7, 11) is 0. The van der Waals surface area contributed by atoms with E-state index in [4.69, 9.17) is 20.7 Å². The molecule has 1 aliphatic carbocycles. The van der Waals surface area contributed by atoms with E-state index >= 15 is 0 Å². The number of nitrogens with two attached hydrogens (primary N) is 1. The molecule has 0 aliphatic heterocycles. The summed E-state index contributed by atoms with van der Waals surface area (Å²) in [5.74, 6) is 2.46. The molecule has 0 unspecified atom stereocenters. The number of rotatable bonds is 8. The van der Waals surface area contributed by atoms with Gasteiger partial charge in [-0.05, 0) is 43.2 Å². The van der Waals surface area contributed by atoms with Crippen molar-refractivity contribution in [1.29, 1.82) is 0 Å². The molecule has 1 saturated carbocycles. The van der Waals surface area contributed by atoms with E-state index in [1.165, 1.54) is 18.5 Å². The van der Waals surface area contributed by atoms with Gasteiger partial charge in [0, 0.05) is 47.4 Å². The molecule has 0 bridgehead atoms. The average molecular weight is 474 g/mol. The number of hydrogen-bond donors (Lipinski definition) is 3. The van der Waals surface area contributed by atoms with Gasteiger partial charge in [-0.1, -0.05) is 48.5 Å². The van der Waals surface area contributed by atoms with E-state index in [9.17, 15) is 0 Å². The Bertz CT molecular complexity index is 1510. The summed E-state index contributed by atoms with van der Waals surface area (Å²) in [6, 6.07) is 26.3. The predicted octanol–water partition coefficient (Wildman–Crippen LogP) is 5.74. The molecular formula is C29H27N7. The molecule has 6 rings (SSSR count). The average Bonchev–Trinajstić information content (AvgIpc) is 3.78. The largest absolute Gasteiger partial charge is 0.381 e. The number of aromatic nitrogens is 4. The number of nitrogens with zero attached hydrogens (tertiary/aromatic N) is 4. The summed E-state index contributed by atoms with van der Waals surface area (Å²) in [6.45, 7) is 1.31. The summed E-state index contributed by atoms with van der Waals surface area (Å²) < 4.78 is 0. The van der Waals surface area contributed by atoms with Crippen LogP contribution in [0.5, 0.6) is 0 Å². The molecule has 0 spiro atoms. The third-order valence-corrected chi connectivity index (χ3v) is 6.34. The van der Waals surface area contributed by atoms with Crippen molar-refractivity contribution >= 4 is 28.4 Å². The van der Waals surface area contributed by atoms with Crippen LogP contribution in [0.1, 0.15) is 24.5 Å². The van der Waals surface area contributed by atoms with Crippen LogP contribution in [-0.2, 0) is 0 Å². The molecule has 7 nitrogen and oxygen atoms in total. The van der Waals surface area contributed by atoms with Crippen molar-refractivity contribution < 1.29 is 0 Å². The molecule has 0 amide bonds. The van der Waals surface area contributed by atoms with Crippen LogP contribution in [0.15, 0.2) is 85.1 Å². The third-order valence-electron chi connectivity index (χ3n) is 6.34. The van der Waals surface area contributed by atoms with Gasteiger partial charge in [0.25, 0.3) is 0 Å². The topological polar surface area (TPSA) is 102 Å². The van der Waals surface area contributed by atoms with Crippen LogP contribution in [0, 0.1) is 0 Å². The lowest BCUT2D eigenvalue weighted by molar-refractivity contribution is 0.995. The summed E-state index contributed by atoms with van der Waals surface area (Å²) >= 11 is 0. The van der Waals surface area contributed by atoms with Crippen LogP contribution in [0.3, 0.4) is 0 Å². The van der Waals surface area contributed by atoms with Crippen LogP contribution >= 0.6 is 0 Å². The fourth-order valence-corrected chi connectivity index (χ4v) is 4.33. The van der Waals surface area contributed by atoms with Crippen molar-refractivity contribution in [2.24, 2.45) is 0 Å². The first-order chi connectivity index (χ1) is 17.7. The smallest absolute Gasteiger partial charge is 0.169 e. The standard InChI is InChI=1S/C29H27N7/c30-28-29(33-17-16-32-25-10-4-9-24(34-25)19-11-12-19)36-27(26(35-28)20-6-2-1-3-7-20)22-13-14-23-21(18-22)8-5-15-31-23/h1-10,13-15,18-19H,11-12,16-17H2,(H2,30,35)(H,32,34)(H,33,36). The van der Waals surface area contributed by atoms with Gasteiger partial charge in [0.05, 0.1) is 16.9 Å². The van der Waals surface area contributed by atoms with Crippen molar-refractivity contribution in [2.45, 2.75) is 18.8 Å². The number of nitrogen functional groups attached to an aromatic ring is 1. The van der Waals surface area contributed by atoms with E-state index in [0.29, 0.717) is 30.6 Å². The Hall–Kier alpha value is -4.52. The maximum absolute atomic E-state index is 6.37. The zero-order valence-corrected chi connectivity index (χ0v) is 19.9. The first-order valence-corrected chi connectivity index (χ1v) is 12.3. The highest BCUT2D eigenvalue weighted by Crippen LogP contribution is 2.39. The van der Waals surface area contributed by atoms with Crippen LogP contribution in [0.25, 0.3) is 33.4 Å². The Morgan fingerprint density at radius 3 is 2.44 bits per heavy atom. The molecule has 36 heavy (non-hydrogen) atoms. The molecule has 1 aliphatic rings. The van der Waals surface area contributed by atoms with E-state index < -0.39 is 0 Å². The number of benzene rings is 2. The van der Waals surface area contributed by atoms with Crippen molar-refractivity contribution in [3.63, 3.8) is 0 Å². The van der Waals surface area contributed by atoms with Crippen LogP contribution in [0.4, 0.5) is 17.5 Å². The lowest BCUT2D eigenvalue weighted by Gasteiger charge is -2.15. The Morgan fingerprint density at radius 2 is 1.58 bits per heavy atom. The summed E-state index contributed by atoms with van der Waals surface area (Å²) in [4.78, 5) is 18.9. The maximum Gasteiger partial charge on any atom is 0.169 e. The molecule has 0 atom stereocenters. The molecule has 2 aromatic carbocycles. The highest BCUT2D eigenvalue weighted by molar-refractivity contribution is 5.88. The molecule has 178 valence electrons. The Morgan fingerprint density at radius 1 is 0.750 bits per heavy atom. The van der Waals surface area contributed by atoms with E-state index in [1.54, 1.807) is 6.20 Å². The van der Waals surface area contributed by atoms with E-state index in [0.717, 1.165) is 39.2 Å². The van der Waals surface area contributed by atoms with Crippen molar-refractivity contribution in [3.05, 3.63) is 90.8 Å². The first kappa shape index (κ1) is 22.0. The number of pyridine rings is 2. The Labute approximate surface area is 209 Å². The monoisotopic (exact) mass is 473 g/mol. The number of anilines is 3. The second kappa shape index (κ2) is 9.62. The second-order valence-electron chi connectivity index (χ2n) is 9.01. The maximum atomic E-state index is 6.37. The van der Waals surface area contributed by atoms with Gasteiger partial charge in [-0.15, -0.1) is 0 Å². The summed E-state index contributed by atoms with van der Waals surface area (Å²) in [5, 5.41) is 7.80. The normalized spacial score (nSPS) is 13.0. The first-order valence-electron chi connectivity index (χ1n) is 12.3. The summed E-state index contributed by atoms with van der Waals surface area (Å²) in [5.41, 5.74) is 11.9. The highest BCUT2D eigenvalue weighted by Gasteiger charge is 2.24. The van der Waals surface area contributed by atoms with E-state index in [1.807, 2.05) is 54.6 Å². The highest BCUT2D eigenvalue weighted by atomic mass is 15.1. The van der Waals surface area contributed by atoms with E-state index in [-0.39, 0.29) is 0 Å². The van der Waals surface area contributed by atoms with Gasteiger partial charge in [-0.3, -0.25) is 4.98 Å². The van der Waals surface area contributed by atoms with Gasteiger partial charge in [0.2, 0.25) is 0 Å².